The van der Waals surface area contributed by atoms with Gasteiger partial charge >= 0.3 is 0 Å². The summed E-state index contributed by atoms with van der Waals surface area (Å²) in [6.07, 6.45) is 0.895. The van der Waals surface area contributed by atoms with Crippen molar-refractivity contribution in [2.45, 2.75) is 12.5 Å². The lowest BCUT2D eigenvalue weighted by Gasteiger charge is -2.39. The molecule has 0 aromatic heterocycles. The van der Waals surface area contributed by atoms with E-state index in [9.17, 15) is 19.7 Å². The Hall–Kier alpha value is -4.04. The van der Waals surface area contributed by atoms with Crippen molar-refractivity contribution >= 4 is 23.2 Å². The number of hydrogen-bond acceptors (Lipinski definition) is 6. The highest BCUT2D eigenvalue weighted by molar-refractivity contribution is 6.34. The van der Waals surface area contributed by atoms with Crippen LogP contribution >= 0.6 is 0 Å². The molecule has 1 saturated heterocycles. The third-order valence-electron chi connectivity index (χ3n) is 5.98. The summed E-state index contributed by atoms with van der Waals surface area (Å²) in [5.41, 5.74) is 2.53. The number of imide groups is 1. The summed E-state index contributed by atoms with van der Waals surface area (Å²) in [6.45, 7) is 2.45. The molecule has 8 nitrogen and oxygen atoms in total. The Labute approximate surface area is 190 Å². The minimum Gasteiger partial charge on any atom is -0.488 e. The fraction of sp³-hybridized carbons (Fsp3) is 0.200. The van der Waals surface area contributed by atoms with Gasteiger partial charge in [0.05, 0.1) is 21.7 Å². The smallest absolute Gasteiger partial charge is 0.269 e. The van der Waals surface area contributed by atoms with Gasteiger partial charge in [-0.1, -0.05) is 24.3 Å². The lowest BCUT2D eigenvalue weighted by atomic mass is 10.1. The Morgan fingerprint density at radius 3 is 2.06 bits per heavy atom. The van der Waals surface area contributed by atoms with Crippen LogP contribution in [0.25, 0.3) is 0 Å². The van der Waals surface area contributed by atoms with E-state index < -0.39 is 4.92 Å². The Balaban J connectivity index is 1.12. The molecule has 0 N–H and O–H groups in total. The normalized spacial score (nSPS) is 15.9. The molecule has 3 aromatic carbocycles. The van der Waals surface area contributed by atoms with Crippen LogP contribution in [0.2, 0.25) is 0 Å². The Morgan fingerprint density at radius 2 is 1.48 bits per heavy atom. The minimum atomic E-state index is -0.395. The number of anilines is 1. The van der Waals surface area contributed by atoms with Crippen LogP contribution in [0.5, 0.6) is 5.75 Å². The summed E-state index contributed by atoms with van der Waals surface area (Å²) >= 11 is 0. The topological polar surface area (TPSA) is 93.0 Å². The van der Waals surface area contributed by atoms with E-state index in [1.165, 1.54) is 17.0 Å². The molecule has 0 unspecified atom stereocenters. The van der Waals surface area contributed by atoms with Gasteiger partial charge in [-0.2, -0.15) is 0 Å². The van der Waals surface area contributed by atoms with Gasteiger partial charge in [0, 0.05) is 31.8 Å². The molecular formula is C25H21N3O5. The maximum absolute atomic E-state index is 12.6. The molecule has 2 aliphatic heterocycles. The summed E-state index contributed by atoms with van der Waals surface area (Å²) in [6, 6.07) is 20.5. The number of nitrogens with zero attached hydrogens (tertiary/aromatic N) is 3. The zero-order valence-corrected chi connectivity index (χ0v) is 17.7. The molecule has 0 aliphatic carbocycles. The molecule has 5 rings (SSSR count). The number of fused-ring (bicyclic) bond motifs is 1. The van der Waals surface area contributed by atoms with Crippen molar-refractivity contribution in [3.63, 3.8) is 0 Å². The number of nitro benzene ring substituents is 1. The number of rotatable bonds is 7. The number of benzene rings is 3. The predicted octanol–water partition coefficient (Wildman–Crippen LogP) is 3.70. The quantitative estimate of drug-likeness (QED) is 0.314. The molecule has 0 atom stereocenters. The molecule has 0 bridgehead atoms. The average Bonchev–Trinajstić information content (AvgIpc) is 3.06. The molecule has 8 heteroatoms. The van der Waals surface area contributed by atoms with Gasteiger partial charge in [-0.15, -0.1) is 0 Å². The monoisotopic (exact) mass is 443 g/mol. The van der Waals surface area contributed by atoms with Crippen molar-refractivity contribution in [3.05, 3.63) is 99.6 Å². The number of nitro groups is 1. The van der Waals surface area contributed by atoms with E-state index in [4.69, 9.17) is 4.74 Å². The lowest BCUT2D eigenvalue weighted by molar-refractivity contribution is -0.384. The first-order chi connectivity index (χ1) is 16.0. The molecule has 2 heterocycles. The first kappa shape index (κ1) is 20.8. The third kappa shape index (κ3) is 4.08. The van der Waals surface area contributed by atoms with Gasteiger partial charge in [-0.05, 0) is 48.4 Å². The summed E-state index contributed by atoms with van der Waals surface area (Å²) in [7, 11) is 0. The molecule has 0 saturated carbocycles. The van der Waals surface area contributed by atoms with Gasteiger partial charge in [-0.3, -0.25) is 24.6 Å². The van der Waals surface area contributed by atoms with E-state index >= 15 is 0 Å². The van der Waals surface area contributed by atoms with E-state index in [0.29, 0.717) is 22.6 Å². The van der Waals surface area contributed by atoms with E-state index in [2.05, 4.69) is 4.90 Å². The van der Waals surface area contributed by atoms with Crippen molar-refractivity contribution in [1.29, 1.82) is 0 Å². The Kier molecular flexibility index (Phi) is 5.35. The van der Waals surface area contributed by atoms with Gasteiger partial charge in [0.25, 0.3) is 17.5 Å². The second-order valence-electron chi connectivity index (χ2n) is 8.16. The van der Waals surface area contributed by atoms with Crippen LogP contribution in [0.15, 0.2) is 72.8 Å². The number of amides is 2. The maximum Gasteiger partial charge on any atom is 0.269 e. The first-order valence-electron chi connectivity index (χ1n) is 10.7. The summed E-state index contributed by atoms with van der Waals surface area (Å²) in [5, 5.41) is 10.7. The molecule has 2 amide bonds. The van der Waals surface area contributed by atoms with E-state index in [1.54, 1.807) is 60.7 Å². The van der Waals surface area contributed by atoms with Crippen molar-refractivity contribution in [2.75, 3.05) is 24.5 Å². The van der Waals surface area contributed by atoms with Gasteiger partial charge in [0.15, 0.2) is 0 Å². The first-order valence-corrected chi connectivity index (χ1v) is 10.7. The summed E-state index contributed by atoms with van der Waals surface area (Å²) < 4.78 is 6.00. The highest BCUT2D eigenvalue weighted by Crippen LogP contribution is 2.30. The fourth-order valence-corrected chi connectivity index (χ4v) is 4.14. The largest absolute Gasteiger partial charge is 0.488 e. The Bertz CT molecular complexity index is 1180. The van der Waals surface area contributed by atoms with Crippen LogP contribution in [-0.2, 0) is 6.42 Å². The van der Waals surface area contributed by atoms with Gasteiger partial charge in [-0.25, -0.2) is 4.90 Å². The van der Waals surface area contributed by atoms with Crippen LogP contribution in [0, 0.1) is 10.1 Å². The third-order valence-corrected chi connectivity index (χ3v) is 5.98. The standard InChI is InChI=1S/C25H21N3O5/c29-24-22-3-1-2-4-23(22)25(30)27(24)18-9-11-20(12-10-18)33-21-15-26(16-21)14-13-17-5-7-19(8-6-17)28(31)32/h1-12,21H,13-16H2. The zero-order chi connectivity index (χ0) is 22.9. The SMILES string of the molecule is O=C1c2ccccc2C(=O)N1c1ccc(OC2CN(CCc3ccc([N+](=O)[O-])cc3)C2)cc1. The molecule has 0 radical (unpaired) electrons. The number of carbonyl (C=O) groups is 2. The van der Waals surface area contributed by atoms with Gasteiger partial charge in [0.1, 0.15) is 11.9 Å². The van der Waals surface area contributed by atoms with Crippen LogP contribution in [0.3, 0.4) is 0 Å². The summed E-state index contributed by atoms with van der Waals surface area (Å²) in [4.78, 5) is 39.0. The second-order valence-corrected chi connectivity index (χ2v) is 8.16. The molecular weight excluding hydrogens is 422 g/mol. The van der Waals surface area contributed by atoms with Gasteiger partial charge in [0.2, 0.25) is 0 Å². The average molecular weight is 443 g/mol. The highest BCUT2D eigenvalue weighted by Gasteiger charge is 2.36. The molecule has 0 spiro atoms. The number of non-ortho nitro benzene ring substituents is 1. The number of hydrogen-bond donors (Lipinski definition) is 0. The van der Waals surface area contributed by atoms with E-state index in [-0.39, 0.29) is 23.6 Å². The van der Waals surface area contributed by atoms with Crippen LogP contribution in [-0.4, -0.2) is 47.4 Å². The fourth-order valence-electron chi connectivity index (χ4n) is 4.14. The van der Waals surface area contributed by atoms with Crippen molar-refractivity contribution in [3.8, 4) is 5.75 Å². The van der Waals surface area contributed by atoms with Crippen molar-refractivity contribution < 1.29 is 19.2 Å². The Morgan fingerprint density at radius 1 is 0.879 bits per heavy atom. The lowest BCUT2D eigenvalue weighted by Crippen LogP contribution is -2.54. The summed E-state index contributed by atoms with van der Waals surface area (Å²) in [5.74, 6) is 0.0641. The number of carbonyl (C=O) groups excluding carboxylic acids is 2. The van der Waals surface area contributed by atoms with Crippen molar-refractivity contribution in [1.82, 2.24) is 4.90 Å². The van der Waals surface area contributed by atoms with Gasteiger partial charge < -0.3 is 4.74 Å². The van der Waals surface area contributed by atoms with Crippen LogP contribution < -0.4 is 9.64 Å². The minimum absolute atomic E-state index is 0.0759. The van der Waals surface area contributed by atoms with E-state index in [0.717, 1.165) is 31.6 Å². The maximum atomic E-state index is 12.6. The molecule has 33 heavy (non-hydrogen) atoms. The molecule has 3 aromatic rings. The zero-order valence-electron chi connectivity index (χ0n) is 17.7. The second kappa shape index (κ2) is 8.48. The van der Waals surface area contributed by atoms with Crippen LogP contribution in [0.1, 0.15) is 26.3 Å². The predicted molar refractivity (Wildman–Crippen MR) is 122 cm³/mol. The van der Waals surface area contributed by atoms with E-state index in [1.807, 2.05) is 0 Å². The van der Waals surface area contributed by atoms with Crippen molar-refractivity contribution in [2.24, 2.45) is 0 Å². The molecule has 2 aliphatic rings. The van der Waals surface area contributed by atoms with Crippen LogP contribution in [0.4, 0.5) is 11.4 Å². The number of ether oxygens (including phenoxy) is 1. The molecule has 1 fully saturated rings. The molecule has 166 valence electrons. The highest BCUT2D eigenvalue weighted by atomic mass is 16.6. The number of likely N-dealkylation sites (tertiary alicyclic amines) is 1.